The van der Waals surface area contributed by atoms with Crippen molar-refractivity contribution in [3.63, 3.8) is 0 Å². The Morgan fingerprint density at radius 1 is 1.33 bits per heavy atom. The molecule has 84 valence electrons. The summed E-state index contributed by atoms with van der Waals surface area (Å²) in [6.07, 6.45) is 0.899. The predicted octanol–water partition coefficient (Wildman–Crippen LogP) is 3.25. The highest BCUT2D eigenvalue weighted by atomic mass is 35.5. The van der Waals surface area contributed by atoms with Gasteiger partial charge in [0.15, 0.2) is 0 Å². The zero-order valence-corrected chi connectivity index (χ0v) is 10.2. The van der Waals surface area contributed by atoms with Crippen molar-refractivity contribution in [2.75, 3.05) is 6.61 Å². The highest BCUT2D eigenvalue weighted by Gasteiger charge is 2.06. The van der Waals surface area contributed by atoms with E-state index in [0.717, 1.165) is 12.0 Å². The summed E-state index contributed by atoms with van der Waals surface area (Å²) >= 11 is 12.0. The summed E-state index contributed by atoms with van der Waals surface area (Å²) in [6, 6.07) is 5.48. The fraction of sp³-hybridized carbons (Fsp3) is 0.455. The summed E-state index contributed by atoms with van der Waals surface area (Å²) in [4.78, 5) is 0. The van der Waals surface area contributed by atoms with Gasteiger partial charge < -0.3 is 10.5 Å². The SMILES string of the molecule is CC[C@@H](N)COCc1c(Cl)cccc1Cl. The molecule has 0 heterocycles. The summed E-state index contributed by atoms with van der Waals surface area (Å²) in [5.41, 5.74) is 6.55. The van der Waals surface area contributed by atoms with Gasteiger partial charge in [0, 0.05) is 21.7 Å². The summed E-state index contributed by atoms with van der Waals surface area (Å²) < 4.78 is 5.44. The van der Waals surface area contributed by atoms with E-state index >= 15 is 0 Å². The van der Waals surface area contributed by atoms with E-state index in [1.54, 1.807) is 12.1 Å². The number of halogens is 2. The van der Waals surface area contributed by atoms with Gasteiger partial charge in [-0.25, -0.2) is 0 Å². The van der Waals surface area contributed by atoms with Gasteiger partial charge >= 0.3 is 0 Å². The summed E-state index contributed by atoms with van der Waals surface area (Å²) in [5.74, 6) is 0. The molecule has 0 unspecified atom stereocenters. The third kappa shape index (κ3) is 3.99. The van der Waals surface area contributed by atoms with Crippen molar-refractivity contribution >= 4 is 23.2 Å². The molecule has 0 aliphatic rings. The van der Waals surface area contributed by atoms with Crippen LogP contribution >= 0.6 is 23.2 Å². The minimum Gasteiger partial charge on any atom is -0.375 e. The molecule has 2 N–H and O–H groups in total. The summed E-state index contributed by atoms with van der Waals surface area (Å²) in [5, 5.41) is 1.26. The van der Waals surface area contributed by atoms with E-state index in [2.05, 4.69) is 0 Å². The molecule has 0 fully saturated rings. The number of hydrogen-bond donors (Lipinski definition) is 1. The molecule has 1 aromatic rings. The van der Waals surface area contributed by atoms with E-state index in [-0.39, 0.29) is 6.04 Å². The monoisotopic (exact) mass is 247 g/mol. The van der Waals surface area contributed by atoms with Crippen molar-refractivity contribution in [2.45, 2.75) is 26.0 Å². The highest BCUT2D eigenvalue weighted by molar-refractivity contribution is 6.35. The quantitative estimate of drug-likeness (QED) is 0.868. The Labute approximate surface area is 100 Å². The van der Waals surface area contributed by atoms with Crippen LogP contribution in [-0.4, -0.2) is 12.6 Å². The molecule has 0 bridgehead atoms. The van der Waals surface area contributed by atoms with E-state index < -0.39 is 0 Å². The topological polar surface area (TPSA) is 35.2 Å². The molecule has 0 aliphatic heterocycles. The summed E-state index contributed by atoms with van der Waals surface area (Å²) in [7, 11) is 0. The second-order valence-corrected chi connectivity index (χ2v) is 4.20. The fourth-order valence-corrected chi connectivity index (χ4v) is 1.61. The first-order valence-corrected chi connectivity index (χ1v) is 5.67. The predicted molar refractivity (Wildman–Crippen MR) is 64.4 cm³/mol. The summed E-state index contributed by atoms with van der Waals surface area (Å²) in [6.45, 7) is 2.96. The Kier molecular flexibility index (Phi) is 5.40. The molecule has 0 radical (unpaired) electrons. The van der Waals surface area contributed by atoms with Gasteiger partial charge in [-0.1, -0.05) is 36.2 Å². The third-order valence-corrected chi connectivity index (χ3v) is 2.87. The van der Waals surface area contributed by atoms with Crippen LogP contribution in [0.1, 0.15) is 18.9 Å². The van der Waals surface area contributed by atoms with E-state index in [1.165, 1.54) is 0 Å². The molecule has 0 saturated carbocycles. The molecule has 15 heavy (non-hydrogen) atoms. The van der Waals surface area contributed by atoms with Crippen molar-refractivity contribution in [2.24, 2.45) is 5.73 Å². The van der Waals surface area contributed by atoms with Gasteiger partial charge in [0.25, 0.3) is 0 Å². The van der Waals surface area contributed by atoms with Crippen LogP contribution in [0, 0.1) is 0 Å². The Hall–Kier alpha value is -0.280. The molecular weight excluding hydrogens is 233 g/mol. The maximum atomic E-state index is 5.98. The van der Waals surface area contributed by atoms with Gasteiger partial charge in [0.05, 0.1) is 13.2 Å². The number of rotatable bonds is 5. The maximum absolute atomic E-state index is 5.98. The van der Waals surface area contributed by atoms with E-state index in [4.69, 9.17) is 33.7 Å². The second kappa shape index (κ2) is 6.33. The Balaban J connectivity index is 2.50. The molecule has 1 aromatic carbocycles. The van der Waals surface area contributed by atoms with Gasteiger partial charge in [0.1, 0.15) is 0 Å². The zero-order valence-electron chi connectivity index (χ0n) is 8.67. The van der Waals surface area contributed by atoms with Crippen LogP contribution in [0.3, 0.4) is 0 Å². The smallest absolute Gasteiger partial charge is 0.0746 e. The highest BCUT2D eigenvalue weighted by Crippen LogP contribution is 2.24. The molecule has 1 atom stereocenters. The molecule has 0 aromatic heterocycles. The molecule has 0 spiro atoms. The van der Waals surface area contributed by atoms with Gasteiger partial charge in [-0.2, -0.15) is 0 Å². The lowest BCUT2D eigenvalue weighted by molar-refractivity contribution is 0.107. The molecule has 0 amide bonds. The van der Waals surface area contributed by atoms with Crippen molar-refractivity contribution in [1.29, 1.82) is 0 Å². The second-order valence-electron chi connectivity index (χ2n) is 3.38. The molecule has 2 nitrogen and oxygen atoms in total. The number of nitrogens with two attached hydrogens (primary N) is 1. The minimum atomic E-state index is 0.0752. The van der Waals surface area contributed by atoms with Gasteiger partial charge in [0.2, 0.25) is 0 Å². The average Bonchev–Trinajstić information content (AvgIpc) is 2.22. The van der Waals surface area contributed by atoms with Crippen LogP contribution in [0.15, 0.2) is 18.2 Å². The average molecular weight is 248 g/mol. The number of ether oxygens (including phenoxy) is 1. The fourth-order valence-electron chi connectivity index (χ4n) is 1.10. The minimum absolute atomic E-state index is 0.0752. The first-order valence-electron chi connectivity index (χ1n) is 4.91. The van der Waals surface area contributed by atoms with Gasteiger partial charge in [-0.15, -0.1) is 0 Å². The van der Waals surface area contributed by atoms with Crippen molar-refractivity contribution in [3.8, 4) is 0 Å². The number of hydrogen-bond acceptors (Lipinski definition) is 2. The number of benzene rings is 1. The zero-order chi connectivity index (χ0) is 11.3. The van der Waals surface area contributed by atoms with Crippen molar-refractivity contribution < 1.29 is 4.74 Å². The van der Waals surface area contributed by atoms with Crippen molar-refractivity contribution in [1.82, 2.24) is 0 Å². The van der Waals surface area contributed by atoms with Gasteiger partial charge in [-0.05, 0) is 18.6 Å². The van der Waals surface area contributed by atoms with E-state index in [0.29, 0.717) is 23.3 Å². The van der Waals surface area contributed by atoms with Crippen molar-refractivity contribution in [3.05, 3.63) is 33.8 Å². The Bertz CT molecular complexity index is 297. The largest absolute Gasteiger partial charge is 0.375 e. The van der Waals surface area contributed by atoms with Crippen LogP contribution in [0.25, 0.3) is 0 Å². The van der Waals surface area contributed by atoms with Crippen LogP contribution in [-0.2, 0) is 11.3 Å². The lowest BCUT2D eigenvalue weighted by Crippen LogP contribution is -2.24. The lowest BCUT2D eigenvalue weighted by atomic mass is 10.2. The van der Waals surface area contributed by atoms with Crippen LogP contribution < -0.4 is 5.73 Å². The van der Waals surface area contributed by atoms with Crippen LogP contribution in [0.2, 0.25) is 10.0 Å². The standard InChI is InChI=1S/C11H15Cl2NO/c1-2-8(14)6-15-7-9-10(12)4-3-5-11(9)13/h3-5,8H,2,6-7,14H2,1H3/t8-/m1/s1. The lowest BCUT2D eigenvalue weighted by Gasteiger charge is -2.11. The first-order chi connectivity index (χ1) is 7.15. The van der Waals surface area contributed by atoms with E-state index in [9.17, 15) is 0 Å². The maximum Gasteiger partial charge on any atom is 0.0746 e. The Morgan fingerprint density at radius 3 is 2.47 bits per heavy atom. The van der Waals surface area contributed by atoms with Crippen LogP contribution in [0.4, 0.5) is 0 Å². The third-order valence-electron chi connectivity index (χ3n) is 2.16. The van der Waals surface area contributed by atoms with E-state index in [1.807, 2.05) is 13.0 Å². The molecule has 4 heteroatoms. The Morgan fingerprint density at radius 2 is 1.93 bits per heavy atom. The molecule has 1 rings (SSSR count). The molecule has 0 saturated heterocycles. The molecular formula is C11H15Cl2NO. The van der Waals surface area contributed by atoms with Crippen LogP contribution in [0.5, 0.6) is 0 Å². The van der Waals surface area contributed by atoms with Gasteiger partial charge in [-0.3, -0.25) is 0 Å². The first kappa shape index (κ1) is 12.8. The normalized spacial score (nSPS) is 12.8. The molecule has 0 aliphatic carbocycles.